The second-order valence-corrected chi connectivity index (χ2v) is 9.97. The lowest BCUT2D eigenvalue weighted by molar-refractivity contribution is 0.590. The van der Waals surface area contributed by atoms with E-state index in [1.54, 1.807) is 0 Å². The Labute approximate surface area is 209 Å². The first-order valence-corrected chi connectivity index (χ1v) is 12.1. The number of nitrogens with zero attached hydrogens (tertiary/aromatic N) is 2. The highest BCUT2D eigenvalue weighted by Gasteiger charge is 2.17. The van der Waals surface area contributed by atoms with E-state index < -0.39 is 0 Å². The summed E-state index contributed by atoms with van der Waals surface area (Å²) in [5.41, 5.74) is 7.28. The fourth-order valence-corrected chi connectivity index (χ4v) is 4.37. The van der Waals surface area contributed by atoms with Gasteiger partial charge in [-0.25, -0.2) is 4.98 Å². The van der Waals surface area contributed by atoms with Crippen LogP contribution >= 0.6 is 0 Å². The largest absolute Gasteiger partial charge is 0.456 e. The summed E-state index contributed by atoms with van der Waals surface area (Å²) in [6.45, 7) is 6.64. The second kappa shape index (κ2) is 8.65. The number of aliphatic imine (C=N–C) groups is 1. The molecule has 0 amide bonds. The highest BCUT2D eigenvalue weighted by molar-refractivity contribution is 5.94. The van der Waals surface area contributed by atoms with E-state index >= 15 is 0 Å². The maximum atomic E-state index is 6.22. The van der Waals surface area contributed by atoms with E-state index in [4.69, 9.17) is 18.8 Å². The number of rotatable bonds is 4. The number of benzene rings is 4. The van der Waals surface area contributed by atoms with Crippen LogP contribution in [0, 0.1) is 0 Å². The van der Waals surface area contributed by atoms with Gasteiger partial charge in [0, 0.05) is 17.2 Å². The molecule has 4 nitrogen and oxygen atoms in total. The van der Waals surface area contributed by atoms with Gasteiger partial charge in [0.15, 0.2) is 5.58 Å². The van der Waals surface area contributed by atoms with Crippen LogP contribution in [-0.2, 0) is 5.41 Å². The molecule has 6 rings (SSSR count). The van der Waals surface area contributed by atoms with Gasteiger partial charge in [-0.2, -0.15) is 0 Å². The van der Waals surface area contributed by atoms with Gasteiger partial charge < -0.3 is 8.83 Å². The zero-order valence-electron chi connectivity index (χ0n) is 20.5. The number of fused-ring (bicyclic) bond motifs is 2. The molecule has 0 aliphatic rings. The van der Waals surface area contributed by atoms with E-state index in [1.807, 2.05) is 79.0 Å². The molecule has 0 spiro atoms. The lowest BCUT2D eigenvalue weighted by Crippen LogP contribution is -2.11. The zero-order valence-corrected chi connectivity index (χ0v) is 20.5. The SMILES string of the molecule is CC(C)(C)c1cccc(C=Nc2ccccc2-c2nc3c(-c4cc5ccccc5o4)cccc3o2)c1. The normalized spacial score (nSPS) is 12.2. The molecule has 4 heteroatoms. The van der Waals surface area contributed by atoms with Gasteiger partial charge in [-0.05, 0) is 59.0 Å². The summed E-state index contributed by atoms with van der Waals surface area (Å²) in [6, 6.07) is 32.4. The number of para-hydroxylation sites is 3. The molecule has 0 saturated carbocycles. The Kier molecular flexibility index (Phi) is 5.30. The van der Waals surface area contributed by atoms with Gasteiger partial charge in [0.05, 0.1) is 11.3 Å². The topological polar surface area (TPSA) is 51.5 Å². The minimum absolute atomic E-state index is 0.0809. The van der Waals surface area contributed by atoms with Crippen molar-refractivity contribution in [1.82, 2.24) is 4.98 Å². The van der Waals surface area contributed by atoms with Crippen LogP contribution in [0.15, 0.2) is 111 Å². The third-order valence-electron chi connectivity index (χ3n) is 6.35. The van der Waals surface area contributed by atoms with Crippen molar-refractivity contribution in [3.8, 4) is 22.8 Å². The summed E-state index contributed by atoms with van der Waals surface area (Å²) in [5, 5.41) is 1.06. The third kappa shape index (κ3) is 4.11. The fraction of sp³-hybridized carbons (Fsp3) is 0.125. The summed E-state index contributed by atoms with van der Waals surface area (Å²) in [6.07, 6.45) is 1.90. The van der Waals surface area contributed by atoms with Crippen LogP contribution in [0.3, 0.4) is 0 Å². The van der Waals surface area contributed by atoms with Crippen molar-refractivity contribution in [2.45, 2.75) is 26.2 Å². The third-order valence-corrected chi connectivity index (χ3v) is 6.35. The highest BCUT2D eigenvalue weighted by Crippen LogP contribution is 2.37. The van der Waals surface area contributed by atoms with E-state index in [-0.39, 0.29) is 5.41 Å². The van der Waals surface area contributed by atoms with Gasteiger partial charge in [0.2, 0.25) is 5.89 Å². The Morgan fingerprint density at radius 2 is 1.47 bits per heavy atom. The summed E-state index contributed by atoms with van der Waals surface area (Å²) in [7, 11) is 0. The standard InChI is InChI=1S/C32H26N2O2/c1-32(2,3)23-12-8-10-21(18-23)20-33-26-15-6-5-13-24(26)31-34-30-25(14-9-17-28(30)36-31)29-19-22-11-4-7-16-27(22)35-29/h4-20H,1-3H3. The van der Waals surface area contributed by atoms with Gasteiger partial charge in [-0.15, -0.1) is 0 Å². The van der Waals surface area contributed by atoms with E-state index in [9.17, 15) is 0 Å². The van der Waals surface area contributed by atoms with Crippen LogP contribution in [0.4, 0.5) is 5.69 Å². The zero-order chi connectivity index (χ0) is 24.7. The molecule has 0 radical (unpaired) electrons. The lowest BCUT2D eigenvalue weighted by atomic mass is 9.86. The molecule has 6 aromatic rings. The van der Waals surface area contributed by atoms with Crippen LogP contribution in [0.5, 0.6) is 0 Å². The fourth-order valence-electron chi connectivity index (χ4n) is 4.37. The number of furan rings is 1. The first-order chi connectivity index (χ1) is 17.5. The van der Waals surface area contributed by atoms with Crippen molar-refractivity contribution in [3.63, 3.8) is 0 Å². The van der Waals surface area contributed by atoms with E-state index in [0.717, 1.165) is 44.6 Å². The molecule has 0 aliphatic heterocycles. The summed E-state index contributed by atoms with van der Waals surface area (Å²) < 4.78 is 12.3. The molecule has 2 heterocycles. The molecule has 0 fully saturated rings. The highest BCUT2D eigenvalue weighted by atomic mass is 16.4. The Morgan fingerprint density at radius 3 is 2.33 bits per heavy atom. The van der Waals surface area contributed by atoms with Crippen LogP contribution in [0.2, 0.25) is 0 Å². The van der Waals surface area contributed by atoms with Gasteiger partial charge in [-0.3, -0.25) is 4.99 Å². The van der Waals surface area contributed by atoms with Crippen molar-refractivity contribution in [2.24, 2.45) is 4.99 Å². The molecule has 4 aromatic carbocycles. The number of aromatic nitrogens is 1. The maximum Gasteiger partial charge on any atom is 0.229 e. The van der Waals surface area contributed by atoms with Gasteiger partial charge in [0.1, 0.15) is 16.9 Å². The molecular formula is C32H26N2O2. The predicted octanol–water partition coefficient (Wildman–Crippen LogP) is 8.96. The smallest absolute Gasteiger partial charge is 0.229 e. The van der Waals surface area contributed by atoms with Crippen LogP contribution in [0.1, 0.15) is 31.9 Å². The van der Waals surface area contributed by atoms with E-state index in [2.05, 4.69) is 45.0 Å². The molecule has 0 atom stereocenters. The van der Waals surface area contributed by atoms with E-state index in [1.165, 1.54) is 5.56 Å². The average molecular weight is 471 g/mol. The quantitative estimate of drug-likeness (QED) is 0.242. The van der Waals surface area contributed by atoms with Crippen LogP contribution < -0.4 is 0 Å². The first-order valence-electron chi connectivity index (χ1n) is 12.1. The molecule has 0 unspecified atom stereocenters. The van der Waals surface area contributed by atoms with Crippen LogP contribution in [0.25, 0.3) is 44.8 Å². The van der Waals surface area contributed by atoms with Gasteiger partial charge in [0.25, 0.3) is 0 Å². The van der Waals surface area contributed by atoms with Gasteiger partial charge >= 0.3 is 0 Å². The van der Waals surface area contributed by atoms with Gasteiger partial charge in [-0.1, -0.05) is 75.4 Å². The molecule has 36 heavy (non-hydrogen) atoms. The minimum Gasteiger partial charge on any atom is -0.456 e. The first kappa shape index (κ1) is 22.1. The average Bonchev–Trinajstić information content (AvgIpc) is 3.51. The second-order valence-electron chi connectivity index (χ2n) is 9.97. The molecule has 0 bridgehead atoms. The summed E-state index contributed by atoms with van der Waals surface area (Å²) in [5.74, 6) is 1.30. The Morgan fingerprint density at radius 1 is 0.722 bits per heavy atom. The minimum atomic E-state index is 0.0809. The van der Waals surface area contributed by atoms with Crippen molar-refractivity contribution in [2.75, 3.05) is 0 Å². The monoisotopic (exact) mass is 470 g/mol. The molecule has 176 valence electrons. The summed E-state index contributed by atoms with van der Waals surface area (Å²) >= 11 is 0. The number of oxazole rings is 1. The molecular weight excluding hydrogens is 444 g/mol. The van der Waals surface area contributed by atoms with Crippen molar-refractivity contribution < 1.29 is 8.83 Å². The van der Waals surface area contributed by atoms with Crippen molar-refractivity contribution >= 4 is 34.0 Å². The van der Waals surface area contributed by atoms with Crippen molar-refractivity contribution in [1.29, 1.82) is 0 Å². The summed E-state index contributed by atoms with van der Waals surface area (Å²) in [4.78, 5) is 9.70. The molecule has 0 N–H and O–H groups in total. The van der Waals surface area contributed by atoms with Crippen LogP contribution in [-0.4, -0.2) is 11.2 Å². The molecule has 2 aromatic heterocycles. The molecule has 0 saturated heterocycles. The predicted molar refractivity (Wildman–Crippen MR) is 147 cm³/mol. The van der Waals surface area contributed by atoms with E-state index in [0.29, 0.717) is 11.5 Å². The number of hydrogen-bond acceptors (Lipinski definition) is 4. The van der Waals surface area contributed by atoms with Crippen molar-refractivity contribution in [3.05, 3.63) is 108 Å². The Bertz CT molecular complexity index is 1700. The maximum absolute atomic E-state index is 6.22. The Hall–Kier alpha value is -4.44. The molecule has 0 aliphatic carbocycles. The lowest BCUT2D eigenvalue weighted by Gasteiger charge is -2.19. The Balaban J connectivity index is 1.40. The number of hydrogen-bond donors (Lipinski definition) is 0.